The van der Waals surface area contributed by atoms with Crippen molar-refractivity contribution in [3.05, 3.63) is 21.8 Å². The van der Waals surface area contributed by atoms with E-state index in [0.29, 0.717) is 11.8 Å². The lowest BCUT2D eigenvalue weighted by Crippen LogP contribution is -2.44. The Kier molecular flexibility index (Phi) is 10.6. The Bertz CT molecular complexity index is 487. The first-order chi connectivity index (χ1) is 11.5. The van der Waals surface area contributed by atoms with E-state index in [1.807, 2.05) is 0 Å². The first-order valence-corrected chi connectivity index (χ1v) is 17.4. The van der Waals surface area contributed by atoms with Gasteiger partial charge < -0.3 is 8.85 Å². The van der Waals surface area contributed by atoms with Crippen molar-refractivity contribution < 1.29 is 8.85 Å². The van der Waals surface area contributed by atoms with Crippen LogP contribution in [0.25, 0.3) is 0 Å². The number of halogens is 1. The van der Waals surface area contributed by atoms with E-state index >= 15 is 0 Å². The molecule has 0 aromatic rings. The minimum absolute atomic E-state index is 0.148. The summed E-state index contributed by atoms with van der Waals surface area (Å²) in [6.07, 6.45) is 4.98. The van der Waals surface area contributed by atoms with Crippen LogP contribution >= 0.6 is 22.6 Å². The summed E-state index contributed by atoms with van der Waals surface area (Å²) in [5, 5.41) is 0.239. The van der Waals surface area contributed by atoms with Gasteiger partial charge in [-0.15, -0.1) is 0 Å². The third kappa shape index (κ3) is 9.17. The highest BCUT2D eigenvalue weighted by atomic mass is 127. The van der Waals surface area contributed by atoms with Crippen LogP contribution in [0.15, 0.2) is 21.8 Å². The standard InChI is InChI=1S/C21H43IO2Si2/c1-16(13-14-22)20(24-25(8,9)10)18(3)15-17(2)19(4)23-26(11,12)21(5,6)7/h13-17,19-20H,1-12H3/b14-13-,18-15+/t16-,17-,19+,20+/m0/s1. The molecule has 0 radical (unpaired) electrons. The van der Waals surface area contributed by atoms with Crippen molar-refractivity contribution in [2.45, 2.75) is 98.4 Å². The Morgan fingerprint density at radius 3 is 1.81 bits per heavy atom. The molecule has 4 atom stereocenters. The van der Waals surface area contributed by atoms with Crippen LogP contribution in [0.2, 0.25) is 37.8 Å². The van der Waals surface area contributed by atoms with Crippen molar-refractivity contribution in [2.24, 2.45) is 11.8 Å². The molecule has 0 aromatic heterocycles. The normalized spacial score (nSPS) is 19.5. The van der Waals surface area contributed by atoms with Gasteiger partial charge in [-0.2, -0.15) is 0 Å². The highest BCUT2D eigenvalue weighted by Crippen LogP contribution is 2.38. The summed E-state index contributed by atoms with van der Waals surface area (Å²) in [6.45, 7) is 27.3. The van der Waals surface area contributed by atoms with E-state index in [4.69, 9.17) is 8.85 Å². The molecule has 0 aliphatic carbocycles. The molecule has 0 aromatic carbocycles. The molecular weight excluding hydrogens is 467 g/mol. The average Bonchev–Trinajstić information content (AvgIpc) is 2.42. The summed E-state index contributed by atoms with van der Waals surface area (Å²) >= 11 is 2.30. The Labute approximate surface area is 179 Å². The van der Waals surface area contributed by atoms with Crippen LogP contribution in [0.4, 0.5) is 0 Å². The number of hydrogen-bond donors (Lipinski definition) is 0. The molecule has 0 aliphatic heterocycles. The molecule has 0 N–H and O–H groups in total. The Morgan fingerprint density at radius 2 is 1.42 bits per heavy atom. The summed E-state index contributed by atoms with van der Waals surface area (Å²) in [5.74, 6) is 0.742. The predicted molar refractivity (Wildman–Crippen MR) is 131 cm³/mol. The van der Waals surface area contributed by atoms with Crippen LogP contribution in [-0.2, 0) is 8.85 Å². The van der Waals surface area contributed by atoms with Gasteiger partial charge >= 0.3 is 0 Å². The van der Waals surface area contributed by atoms with Gasteiger partial charge in [0.2, 0.25) is 0 Å². The quantitative estimate of drug-likeness (QED) is 0.179. The van der Waals surface area contributed by atoms with Crippen LogP contribution in [0.5, 0.6) is 0 Å². The lowest BCUT2D eigenvalue weighted by Gasteiger charge is -2.39. The molecule has 0 rings (SSSR count). The number of hydrogen-bond acceptors (Lipinski definition) is 2. The van der Waals surface area contributed by atoms with Crippen LogP contribution in [-0.4, -0.2) is 28.8 Å². The van der Waals surface area contributed by atoms with E-state index < -0.39 is 16.6 Å². The molecule has 0 saturated heterocycles. The summed E-state index contributed by atoms with van der Waals surface area (Å²) in [4.78, 5) is 0. The van der Waals surface area contributed by atoms with E-state index in [0.717, 1.165) is 0 Å². The van der Waals surface area contributed by atoms with Gasteiger partial charge in [-0.3, -0.25) is 0 Å². The maximum Gasteiger partial charge on any atom is 0.192 e. The van der Waals surface area contributed by atoms with Crippen molar-refractivity contribution in [1.82, 2.24) is 0 Å². The Hall–Kier alpha value is 0.564. The van der Waals surface area contributed by atoms with E-state index in [1.165, 1.54) is 5.57 Å². The molecule has 26 heavy (non-hydrogen) atoms. The van der Waals surface area contributed by atoms with Gasteiger partial charge in [0, 0.05) is 12.0 Å². The molecule has 0 bridgehead atoms. The number of rotatable bonds is 9. The maximum atomic E-state index is 6.60. The topological polar surface area (TPSA) is 18.5 Å². The van der Waals surface area contributed by atoms with Gasteiger partial charge in [-0.05, 0) is 67.2 Å². The zero-order valence-electron chi connectivity index (χ0n) is 19.2. The van der Waals surface area contributed by atoms with Crippen molar-refractivity contribution in [3.63, 3.8) is 0 Å². The molecule has 0 unspecified atom stereocenters. The lowest BCUT2D eigenvalue weighted by atomic mass is 9.94. The lowest BCUT2D eigenvalue weighted by molar-refractivity contribution is 0.159. The molecule has 0 amide bonds. The zero-order chi connectivity index (χ0) is 20.9. The molecule has 0 heterocycles. The highest BCUT2D eigenvalue weighted by Gasteiger charge is 2.39. The molecule has 0 spiro atoms. The zero-order valence-corrected chi connectivity index (χ0v) is 23.4. The van der Waals surface area contributed by atoms with Gasteiger partial charge in [0.05, 0.1) is 6.10 Å². The highest BCUT2D eigenvalue weighted by molar-refractivity contribution is 14.1. The van der Waals surface area contributed by atoms with Crippen LogP contribution in [0.3, 0.4) is 0 Å². The smallest absolute Gasteiger partial charge is 0.192 e. The third-order valence-electron chi connectivity index (χ3n) is 5.34. The molecule has 5 heteroatoms. The van der Waals surface area contributed by atoms with E-state index in [9.17, 15) is 0 Å². The second-order valence-electron chi connectivity index (χ2n) is 10.2. The fraction of sp³-hybridized carbons (Fsp3) is 0.810. The van der Waals surface area contributed by atoms with Crippen molar-refractivity contribution >= 4 is 39.2 Å². The molecule has 0 aliphatic rings. The van der Waals surface area contributed by atoms with Crippen LogP contribution in [0.1, 0.15) is 48.5 Å². The molecule has 154 valence electrons. The summed E-state index contributed by atoms with van der Waals surface area (Å²) in [6, 6.07) is 0. The van der Waals surface area contributed by atoms with Crippen molar-refractivity contribution in [3.8, 4) is 0 Å². The molecular formula is C21H43IO2Si2. The minimum atomic E-state index is -1.75. The van der Waals surface area contributed by atoms with Gasteiger partial charge in [0.15, 0.2) is 16.6 Å². The molecule has 2 nitrogen and oxygen atoms in total. The van der Waals surface area contributed by atoms with Gasteiger partial charge in [0.25, 0.3) is 0 Å². The third-order valence-corrected chi connectivity index (χ3v) is 11.3. The second-order valence-corrected chi connectivity index (χ2v) is 20.1. The second kappa shape index (κ2) is 10.4. The first-order valence-electron chi connectivity index (χ1n) is 9.82. The van der Waals surface area contributed by atoms with Gasteiger partial charge in [0.1, 0.15) is 0 Å². The summed E-state index contributed by atoms with van der Waals surface area (Å²) < 4.78 is 15.2. The molecule has 0 fully saturated rings. The fourth-order valence-corrected chi connectivity index (χ4v) is 5.92. The Balaban J connectivity index is 5.37. The fourth-order valence-electron chi connectivity index (χ4n) is 2.61. The maximum absolute atomic E-state index is 6.60. The van der Waals surface area contributed by atoms with Gasteiger partial charge in [-0.25, -0.2) is 0 Å². The van der Waals surface area contributed by atoms with Crippen molar-refractivity contribution in [2.75, 3.05) is 0 Å². The first kappa shape index (κ1) is 26.6. The van der Waals surface area contributed by atoms with E-state index in [-0.39, 0.29) is 17.2 Å². The Morgan fingerprint density at radius 1 is 0.923 bits per heavy atom. The predicted octanol–water partition coefficient (Wildman–Crippen LogP) is 7.78. The summed E-state index contributed by atoms with van der Waals surface area (Å²) in [5.41, 5.74) is 1.33. The minimum Gasteiger partial charge on any atom is -0.414 e. The SMILES string of the molecule is C/C(=C\[C@H](C)[C@@H](C)O[Si](C)(C)C(C)(C)C)[C@H](O[Si](C)(C)C)[C@@H](C)/C=C\I. The average molecular weight is 511 g/mol. The van der Waals surface area contributed by atoms with Gasteiger partial charge in [-0.1, -0.05) is 69.4 Å². The van der Waals surface area contributed by atoms with Crippen LogP contribution < -0.4 is 0 Å². The monoisotopic (exact) mass is 510 g/mol. The molecule has 0 saturated carbocycles. The van der Waals surface area contributed by atoms with E-state index in [2.05, 4.69) is 120 Å². The van der Waals surface area contributed by atoms with Crippen LogP contribution in [0, 0.1) is 11.8 Å². The summed E-state index contributed by atoms with van der Waals surface area (Å²) in [7, 11) is -3.37. The van der Waals surface area contributed by atoms with E-state index in [1.54, 1.807) is 0 Å². The largest absolute Gasteiger partial charge is 0.414 e. The van der Waals surface area contributed by atoms with Crippen molar-refractivity contribution in [1.29, 1.82) is 0 Å².